The lowest BCUT2D eigenvalue weighted by Gasteiger charge is -2.45. The molecule has 6 nitrogen and oxygen atoms in total. The Bertz CT molecular complexity index is 285. The summed E-state index contributed by atoms with van der Waals surface area (Å²) in [6.45, 7) is 4.22. The Balaban J connectivity index is 1.80. The molecule has 0 N–H and O–H groups in total. The average molecular weight is 246 g/mol. The van der Waals surface area contributed by atoms with Crippen LogP contribution in [0.1, 0.15) is 13.8 Å². The van der Waals surface area contributed by atoms with Gasteiger partial charge >= 0.3 is 0 Å². The molecule has 0 radical (unpaired) electrons. The van der Waals surface area contributed by atoms with E-state index in [1.165, 1.54) is 0 Å². The summed E-state index contributed by atoms with van der Waals surface area (Å²) >= 11 is 0. The number of ether oxygens (including phenoxy) is 6. The van der Waals surface area contributed by atoms with Crippen LogP contribution in [-0.2, 0) is 28.4 Å². The molecular formula is C11H18O6. The second-order valence-corrected chi connectivity index (χ2v) is 4.55. The molecule has 0 aromatic rings. The Hall–Kier alpha value is -0.240. The third-order valence-corrected chi connectivity index (χ3v) is 3.37. The van der Waals surface area contributed by atoms with Crippen LogP contribution in [0, 0.1) is 0 Å². The number of fused-ring (bicyclic) bond motifs is 3. The number of methoxy groups -OCH3 is 1. The minimum atomic E-state index is -0.424. The molecule has 0 aliphatic carbocycles. The fourth-order valence-corrected chi connectivity index (χ4v) is 2.63. The van der Waals surface area contributed by atoms with Crippen molar-refractivity contribution in [1.82, 2.24) is 0 Å². The van der Waals surface area contributed by atoms with Gasteiger partial charge in [0.25, 0.3) is 0 Å². The zero-order valence-electron chi connectivity index (χ0n) is 10.2. The highest BCUT2D eigenvalue weighted by atomic mass is 16.8. The first-order chi connectivity index (χ1) is 8.19. The third kappa shape index (κ3) is 1.99. The summed E-state index contributed by atoms with van der Waals surface area (Å²) in [5.74, 6) is 0. The molecular weight excluding hydrogens is 228 g/mol. The maximum absolute atomic E-state index is 5.77. The maximum atomic E-state index is 5.77. The smallest absolute Gasteiger partial charge is 0.186 e. The van der Waals surface area contributed by atoms with Crippen LogP contribution >= 0.6 is 0 Å². The Labute approximate surface area is 100 Å². The van der Waals surface area contributed by atoms with Crippen LogP contribution in [0.25, 0.3) is 0 Å². The summed E-state index contributed by atoms with van der Waals surface area (Å²) in [4.78, 5) is 0. The monoisotopic (exact) mass is 246 g/mol. The molecule has 3 aliphatic heterocycles. The van der Waals surface area contributed by atoms with Crippen LogP contribution in [0.5, 0.6) is 0 Å². The van der Waals surface area contributed by atoms with Crippen molar-refractivity contribution in [3.8, 4) is 0 Å². The zero-order chi connectivity index (χ0) is 12.0. The molecule has 2 unspecified atom stereocenters. The summed E-state index contributed by atoms with van der Waals surface area (Å²) in [5.41, 5.74) is 0. The fourth-order valence-electron chi connectivity index (χ4n) is 2.63. The maximum Gasteiger partial charge on any atom is 0.186 e. The molecule has 3 heterocycles. The van der Waals surface area contributed by atoms with Gasteiger partial charge in [-0.15, -0.1) is 0 Å². The largest absolute Gasteiger partial charge is 0.353 e. The van der Waals surface area contributed by atoms with Crippen molar-refractivity contribution < 1.29 is 28.4 Å². The van der Waals surface area contributed by atoms with Crippen LogP contribution in [0.3, 0.4) is 0 Å². The predicted octanol–water partition coefficient (Wildman–Crippen LogP) is 0.249. The van der Waals surface area contributed by atoms with Crippen LogP contribution in [-0.4, -0.2) is 57.0 Å². The SMILES string of the molecule is CO[C@H]1O[C@@H]2COC(C)O[C@H]2[C@H]2OC(C)O[C@@H]12. The van der Waals surface area contributed by atoms with Gasteiger partial charge in [0, 0.05) is 7.11 Å². The van der Waals surface area contributed by atoms with E-state index in [2.05, 4.69) is 0 Å². The molecule has 0 amide bonds. The van der Waals surface area contributed by atoms with E-state index >= 15 is 0 Å². The minimum Gasteiger partial charge on any atom is -0.353 e. The second kappa shape index (κ2) is 4.46. The molecule has 3 fully saturated rings. The first-order valence-electron chi connectivity index (χ1n) is 5.95. The minimum absolute atomic E-state index is 0.153. The first-order valence-corrected chi connectivity index (χ1v) is 5.95. The molecule has 3 saturated heterocycles. The summed E-state index contributed by atoms with van der Waals surface area (Å²) < 4.78 is 33.6. The molecule has 7 atom stereocenters. The van der Waals surface area contributed by atoms with Gasteiger partial charge in [-0.05, 0) is 13.8 Å². The molecule has 17 heavy (non-hydrogen) atoms. The van der Waals surface area contributed by atoms with E-state index in [0.29, 0.717) is 6.61 Å². The van der Waals surface area contributed by atoms with Crippen LogP contribution < -0.4 is 0 Å². The van der Waals surface area contributed by atoms with Gasteiger partial charge in [-0.3, -0.25) is 0 Å². The lowest BCUT2D eigenvalue weighted by molar-refractivity contribution is -0.337. The second-order valence-electron chi connectivity index (χ2n) is 4.55. The standard InChI is InChI=1S/C11H18O6/c1-5-13-4-7-8(14-5)9-10(11(12-3)17-7)16-6(2)15-9/h5-11H,4H2,1-3H3/t5?,6?,7-,8-,9-,10-,11+/m1/s1. The quantitative estimate of drug-likeness (QED) is 0.661. The van der Waals surface area contributed by atoms with E-state index in [-0.39, 0.29) is 37.0 Å². The number of hydrogen-bond donors (Lipinski definition) is 0. The summed E-state index contributed by atoms with van der Waals surface area (Å²) in [6, 6.07) is 0. The molecule has 0 spiro atoms. The highest BCUT2D eigenvalue weighted by Crippen LogP contribution is 2.36. The van der Waals surface area contributed by atoms with Crippen molar-refractivity contribution >= 4 is 0 Å². The van der Waals surface area contributed by atoms with Crippen LogP contribution in [0.15, 0.2) is 0 Å². The predicted molar refractivity (Wildman–Crippen MR) is 55.2 cm³/mol. The van der Waals surface area contributed by atoms with Crippen molar-refractivity contribution in [3.05, 3.63) is 0 Å². The van der Waals surface area contributed by atoms with Gasteiger partial charge in [-0.2, -0.15) is 0 Å². The first kappa shape index (κ1) is 11.8. The highest BCUT2D eigenvalue weighted by molar-refractivity contribution is 4.96. The van der Waals surface area contributed by atoms with E-state index in [1.807, 2.05) is 13.8 Å². The lowest BCUT2D eigenvalue weighted by Crippen LogP contribution is -2.61. The molecule has 6 heteroatoms. The van der Waals surface area contributed by atoms with Crippen molar-refractivity contribution in [3.63, 3.8) is 0 Å². The Morgan fingerprint density at radius 3 is 2.35 bits per heavy atom. The molecule has 0 aromatic carbocycles. The molecule has 98 valence electrons. The molecule has 0 saturated carbocycles. The average Bonchev–Trinajstić information content (AvgIpc) is 2.70. The fraction of sp³-hybridized carbons (Fsp3) is 1.00. The number of rotatable bonds is 1. The summed E-state index contributed by atoms with van der Waals surface area (Å²) in [5, 5.41) is 0. The summed E-state index contributed by atoms with van der Waals surface area (Å²) in [7, 11) is 1.60. The van der Waals surface area contributed by atoms with E-state index < -0.39 is 6.29 Å². The number of hydrogen-bond acceptors (Lipinski definition) is 6. The zero-order valence-corrected chi connectivity index (χ0v) is 10.2. The van der Waals surface area contributed by atoms with Crippen molar-refractivity contribution in [2.24, 2.45) is 0 Å². The molecule has 0 bridgehead atoms. The topological polar surface area (TPSA) is 55.4 Å². The Morgan fingerprint density at radius 2 is 1.59 bits per heavy atom. The van der Waals surface area contributed by atoms with Crippen LogP contribution in [0.2, 0.25) is 0 Å². The highest BCUT2D eigenvalue weighted by Gasteiger charge is 2.54. The van der Waals surface area contributed by atoms with Gasteiger partial charge in [0.2, 0.25) is 0 Å². The van der Waals surface area contributed by atoms with Crippen LogP contribution in [0.4, 0.5) is 0 Å². The third-order valence-electron chi connectivity index (χ3n) is 3.37. The summed E-state index contributed by atoms with van der Waals surface area (Å²) in [6.07, 6.45) is -1.62. The van der Waals surface area contributed by atoms with Gasteiger partial charge in [-0.25, -0.2) is 0 Å². The molecule has 3 aliphatic rings. The van der Waals surface area contributed by atoms with E-state index in [1.54, 1.807) is 7.11 Å². The van der Waals surface area contributed by atoms with E-state index in [0.717, 1.165) is 0 Å². The normalized spacial score (nSPS) is 54.2. The Morgan fingerprint density at radius 1 is 0.882 bits per heavy atom. The lowest BCUT2D eigenvalue weighted by atomic mass is 9.98. The molecule has 0 aromatic heterocycles. The van der Waals surface area contributed by atoms with Gasteiger partial charge in [0.05, 0.1) is 6.61 Å². The van der Waals surface area contributed by atoms with Crippen molar-refractivity contribution in [1.29, 1.82) is 0 Å². The van der Waals surface area contributed by atoms with Gasteiger partial charge in [0.15, 0.2) is 18.9 Å². The van der Waals surface area contributed by atoms with E-state index in [9.17, 15) is 0 Å². The van der Waals surface area contributed by atoms with Gasteiger partial charge in [-0.1, -0.05) is 0 Å². The van der Waals surface area contributed by atoms with Crippen molar-refractivity contribution in [2.45, 2.75) is 57.1 Å². The van der Waals surface area contributed by atoms with Gasteiger partial charge < -0.3 is 28.4 Å². The van der Waals surface area contributed by atoms with E-state index in [4.69, 9.17) is 28.4 Å². The van der Waals surface area contributed by atoms with Crippen molar-refractivity contribution in [2.75, 3.05) is 13.7 Å². The van der Waals surface area contributed by atoms with Gasteiger partial charge in [0.1, 0.15) is 24.4 Å². The molecule has 3 rings (SSSR count). The Kier molecular flexibility index (Phi) is 3.10.